The molecule has 16 heavy (non-hydrogen) atoms. The highest BCUT2D eigenvalue weighted by molar-refractivity contribution is 5.25. The lowest BCUT2D eigenvalue weighted by atomic mass is 9.73. The number of hydrogen-bond acceptors (Lipinski definition) is 1. The molecule has 3 heteroatoms. The maximum Gasteiger partial charge on any atom is 0.123 e. The van der Waals surface area contributed by atoms with Crippen molar-refractivity contribution in [2.45, 2.75) is 43.8 Å². The molecule has 1 aliphatic rings. The Hall–Kier alpha value is -0.960. The Balaban J connectivity index is 2.21. The molecule has 1 fully saturated rings. The van der Waals surface area contributed by atoms with Gasteiger partial charge in [0.15, 0.2) is 0 Å². The Morgan fingerprint density at radius 1 is 1.19 bits per heavy atom. The molecule has 0 amide bonds. The average molecular weight is 225 g/mol. The zero-order valence-electron chi connectivity index (χ0n) is 9.47. The standard InChI is InChI=1S/C13H17F2N/c1-12(15)5-7-13(16,8-6-12)10-3-2-4-11(14)9-10/h2-4,9H,5-8,16H2,1H3. The lowest BCUT2D eigenvalue weighted by Crippen LogP contribution is -2.43. The third-order valence-electron chi connectivity index (χ3n) is 3.58. The summed E-state index contributed by atoms with van der Waals surface area (Å²) in [5, 5.41) is 0. The van der Waals surface area contributed by atoms with E-state index in [1.807, 2.05) is 6.07 Å². The summed E-state index contributed by atoms with van der Waals surface area (Å²) in [6.07, 6.45) is 2.03. The number of hydrogen-bond donors (Lipinski definition) is 1. The summed E-state index contributed by atoms with van der Waals surface area (Å²) < 4.78 is 26.8. The van der Waals surface area contributed by atoms with Crippen molar-refractivity contribution in [1.29, 1.82) is 0 Å². The molecule has 0 radical (unpaired) electrons. The predicted octanol–water partition coefficient (Wildman–Crippen LogP) is 3.28. The summed E-state index contributed by atoms with van der Waals surface area (Å²) in [6, 6.07) is 6.34. The Morgan fingerprint density at radius 2 is 1.81 bits per heavy atom. The normalized spacial score (nSPS) is 35.0. The van der Waals surface area contributed by atoms with Gasteiger partial charge in [-0.1, -0.05) is 12.1 Å². The van der Waals surface area contributed by atoms with Gasteiger partial charge in [0, 0.05) is 5.54 Å². The molecule has 1 aromatic rings. The second kappa shape index (κ2) is 3.81. The van der Waals surface area contributed by atoms with Gasteiger partial charge in [-0.2, -0.15) is 0 Å². The zero-order chi connectivity index (χ0) is 11.8. The van der Waals surface area contributed by atoms with Crippen molar-refractivity contribution in [1.82, 2.24) is 0 Å². The molecule has 88 valence electrons. The van der Waals surface area contributed by atoms with E-state index < -0.39 is 11.2 Å². The highest BCUT2D eigenvalue weighted by Crippen LogP contribution is 2.41. The van der Waals surface area contributed by atoms with E-state index in [-0.39, 0.29) is 5.82 Å². The first-order chi connectivity index (χ1) is 7.41. The van der Waals surface area contributed by atoms with Gasteiger partial charge in [0.1, 0.15) is 11.5 Å². The molecule has 1 nitrogen and oxygen atoms in total. The number of halogens is 2. The molecular weight excluding hydrogens is 208 g/mol. The van der Waals surface area contributed by atoms with E-state index in [0.717, 1.165) is 5.56 Å². The smallest absolute Gasteiger partial charge is 0.123 e. The molecule has 0 spiro atoms. The Labute approximate surface area is 94.7 Å². The van der Waals surface area contributed by atoms with E-state index in [0.29, 0.717) is 25.7 Å². The van der Waals surface area contributed by atoms with Crippen LogP contribution in [0.25, 0.3) is 0 Å². The second-order valence-electron chi connectivity index (χ2n) is 5.08. The van der Waals surface area contributed by atoms with E-state index in [1.54, 1.807) is 13.0 Å². The van der Waals surface area contributed by atoms with Crippen LogP contribution in [0.5, 0.6) is 0 Å². The SMILES string of the molecule is CC1(F)CCC(N)(c2cccc(F)c2)CC1. The van der Waals surface area contributed by atoms with E-state index in [1.165, 1.54) is 12.1 Å². The van der Waals surface area contributed by atoms with Gasteiger partial charge in [-0.3, -0.25) is 0 Å². The van der Waals surface area contributed by atoms with Gasteiger partial charge in [0.05, 0.1) is 0 Å². The molecule has 0 aliphatic heterocycles. The summed E-state index contributed by atoms with van der Waals surface area (Å²) in [7, 11) is 0. The van der Waals surface area contributed by atoms with Crippen LogP contribution < -0.4 is 5.73 Å². The lowest BCUT2D eigenvalue weighted by molar-refractivity contribution is 0.0897. The summed E-state index contributed by atoms with van der Waals surface area (Å²) in [5.41, 5.74) is 5.34. The number of rotatable bonds is 1. The fourth-order valence-electron chi connectivity index (χ4n) is 2.30. The van der Waals surface area contributed by atoms with Crippen LogP contribution in [0.3, 0.4) is 0 Å². The topological polar surface area (TPSA) is 26.0 Å². The van der Waals surface area contributed by atoms with Crippen molar-refractivity contribution in [3.8, 4) is 0 Å². The van der Waals surface area contributed by atoms with Crippen molar-refractivity contribution in [3.63, 3.8) is 0 Å². The first kappa shape index (κ1) is 11.5. The van der Waals surface area contributed by atoms with E-state index in [2.05, 4.69) is 0 Å². The molecular formula is C13H17F2N. The van der Waals surface area contributed by atoms with Gasteiger partial charge in [0.2, 0.25) is 0 Å². The van der Waals surface area contributed by atoms with Crippen molar-refractivity contribution >= 4 is 0 Å². The third-order valence-corrected chi connectivity index (χ3v) is 3.58. The summed E-state index contributed by atoms with van der Waals surface area (Å²) >= 11 is 0. The van der Waals surface area contributed by atoms with Crippen LogP contribution in [0.4, 0.5) is 8.78 Å². The molecule has 1 aromatic carbocycles. The van der Waals surface area contributed by atoms with Crippen LogP contribution in [0.15, 0.2) is 24.3 Å². The van der Waals surface area contributed by atoms with Gasteiger partial charge in [-0.15, -0.1) is 0 Å². The van der Waals surface area contributed by atoms with Gasteiger partial charge >= 0.3 is 0 Å². The number of benzene rings is 1. The molecule has 0 saturated heterocycles. The Kier molecular flexibility index (Phi) is 2.74. The average Bonchev–Trinajstić information content (AvgIpc) is 2.23. The molecule has 0 bridgehead atoms. The minimum atomic E-state index is -1.11. The van der Waals surface area contributed by atoms with Crippen molar-refractivity contribution in [2.24, 2.45) is 5.73 Å². The molecule has 0 atom stereocenters. The van der Waals surface area contributed by atoms with Crippen LogP contribution in [0.1, 0.15) is 38.2 Å². The quantitative estimate of drug-likeness (QED) is 0.779. The number of alkyl halides is 1. The minimum Gasteiger partial charge on any atom is -0.321 e. The van der Waals surface area contributed by atoms with Crippen LogP contribution in [0, 0.1) is 5.82 Å². The molecule has 0 aromatic heterocycles. The monoisotopic (exact) mass is 225 g/mol. The number of nitrogens with two attached hydrogens (primary N) is 1. The highest BCUT2D eigenvalue weighted by atomic mass is 19.1. The van der Waals surface area contributed by atoms with Crippen molar-refractivity contribution in [3.05, 3.63) is 35.6 Å². The Bertz CT molecular complexity index is 377. The first-order valence-electron chi connectivity index (χ1n) is 5.65. The molecule has 1 saturated carbocycles. The zero-order valence-corrected chi connectivity index (χ0v) is 9.47. The Morgan fingerprint density at radius 3 is 2.38 bits per heavy atom. The van der Waals surface area contributed by atoms with Gasteiger partial charge in [0.25, 0.3) is 0 Å². The molecule has 1 aliphatic carbocycles. The lowest BCUT2D eigenvalue weighted by Gasteiger charge is -2.39. The van der Waals surface area contributed by atoms with E-state index in [4.69, 9.17) is 5.73 Å². The van der Waals surface area contributed by atoms with Crippen LogP contribution >= 0.6 is 0 Å². The fraction of sp³-hybridized carbons (Fsp3) is 0.538. The van der Waals surface area contributed by atoms with Gasteiger partial charge < -0.3 is 5.73 Å². The van der Waals surface area contributed by atoms with E-state index in [9.17, 15) is 8.78 Å². The molecule has 0 unspecified atom stereocenters. The van der Waals surface area contributed by atoms with Crippen molar-refractivity contribution in [2.75, 3.05) is 0 Å². The molecule has 2 N–H and O–H groups in total. The summed E-state index contributed by atoms with van der Waals surface area (Å²) in [6.45, 7) is 1.61. The largest absolute Gasteiger partial charge is 0.321 e. The van der Waals surface area contributed by atoms with Crippen LogP contribution in [0.2, 0.25) is 0 Å². The predicted molar refractivity (Wildman–Crippen MR) is 60.2 cm³/mol. The summed E-state index contributed by atoms with van der Waals surface area (Å²) in [4.78, 5) is 0. The second-order valence-corrected chi connectivity index (χ2v) is 5.08. The van der Waals surface area contributed by atoms with Gasteiger partial charge in [-0.05, 0) is 50.3 Å². The minimum absolute atomic E-state index is 0.282. The first-order valence-corrected chi connectivity index (χ1v) is 5.65. The van der Waals surface area contributed by atoms with Crippen LogP contribution in [-0.2, 0) is 5.54 Å². The van der Waals surface area contributed by atoms with Crippen LogP contribution in [-0.4, -0.2) is 5.67 Å². The highest BCUT2D eigenvalue weighted by Gasteiger charge is 2.39. The molecule has 2 rings (SSSR count). The fourth-order valence-corrected chi connectivity index (χ4v) is 2.30. The maximum atomic E-state index is 13.7. The van der Waals surface area contributed by atoms with Crippen molar-refractivity contribution < 1.29 is 8.78 Å². The summed E-state index contributed by atoms with van der Waals surface area (Å²) in [5.74, 6) is -0.282. The third kappa shape index (κ3) is 2.24. The molecule has 0 heterocycles. The maximum absolute atomic E-state index is 13.7. The van der Waals surface area contributed by atoms with E-state index >= 15 is 0 Å². The van der Waals surface area contributed by atoms with Gasteiger partial charge in [-0.25, -0.2) is 8.78 Å².